The first-order valence-corrected chi connectivity index (χ1v) is 12.0. The molecule has 0 aromatic rings. The molecular formula is C25H52O9. The standard InChI is InChI=1S/C25H52O9/c1-21(2,8-26)13-31-15-23(5,10-28)17-33-19-25(7,12-30)20-34-18-24(6,11-29)16-32-14-22(3,4)9-27/h26-30H,8-20H2,1-7H3. The summed E-state index contributed by atoms with van der Waals surface area (Å²) in [6, 6.07) is 0. The third-order valence-corrected chi connectivity index (χ3v) is 5.69. The Morgan fingerprint density at radius 3 is 0.735 bits per heavy atom. The predicted octanol–water partition coefficient (Wildman–Crippen LogP) is 1.09. The van der Waals surface area contributed by atoms with Crippen LogP contribution in [0.25, 0.3) is 0 Å². The lowest BCUT2D eigenvalue weighted by Gasteiger charge is -2.34. The maximum atomic E-state index is 9.92. The number of ether oxygens (including phenoxy) is 4. The quantitative estimate of drug-likeness (QED) is 0.158. The summed E-state index contributed by atoms with van der Waals surface area (Å²) in [5.74, 6) is 0. The van der Waals surface area contributed by atoms with E-state index >= 15 is 0 Å². The van der Waals surface area contributed by atoms with Crippen LogP contribution in [-0.4, -0.2) is 111 Å². The Kier molecular flexibility index (Phi) is 14.9. The number of hydrogen-bond donors (Lipinski definition) is 5. The molecule has 9 heteroatoms. The molecule has 0 fully saturated rings. The molecule has 0 rings (SSSR count). The molecule has 0 spiro atoms. The molecule has 0 saturated carbocycles. The van der Waals surface area contributed by atoms with E-state index in [1.54, 1.807) is 0 Å². The predicted molar refractivity (Wildman–Crippen MR) is 131 cm³/mol. The van der Waals surface area contributed by atoms with Crippen LogP contribution in [0.2, 0.25) is 0 Å². The van der Waals surface area contributed by atoms with Gasteiger partial charge in [-0.1, -0.05) is 48.5 Å². The highest BCUT2D eigenvalue weighted by molar-refractivity contribution is 4.79. The average Bonchev–Trinajstić information content (AvgIpc) is 2.78. The molecule has 5 N–H and O–H groups in total. The number of rotatable bonds is 21. The molecule has 0 aliphatic rings. The number of hydrogen-bond acceptors (Lipinski definition) is 9. The van der Waals surface area contributed by atoms with E-state index in [-0.39, 0.29) is 83.5 Å². The van der Waals surface area contributed by atoms with Gasteiger partial charge in [0.2, 0.25) is 0 Å². The van der Waals surface area contributed by atoms with Crippen molar-refractivity contribution in [1.82, 2.24) is 0 Å². The van der Waals surface area contributed by atoms with Crippen LogP contribution in [0.15, 0.2) is 0 Å². The topological polar surface area (TPSA) is 138 Å². The van der Waals surface area contributed by atoms with Gasteiger partial charge < -0.3 is 44.5 Å². The van der Waals surface area contributed by atoms with Crippen molar-refractivity contribution in [2.45, 2.75) is 48.5 Å². The van der Waals surface area contributed by atoms with Gasteiger partial charge in [0.25, 0.3) is 0 Å². The zero-order valence-electron chi connectivity index (χ0n) is 22.6. The molecule has 0 bridgehead atoms. The maximum Gasteiger partial charge on any atom is 0.0564 e. The van der Waals surface area contributed by atoms with E-state index in [1.165, 1.54) is 0 Å². The minimum absolute atomic E-state index is 0.0102. The van der Waals surface area contributed by atoms with Gasteiger partial charge in [0, 0.05) is 27.1 Å². The van der Waals surface area contributed by atoms with E-state index in [2.05, 4.69) is 0 Å². The van der Waals surface area contributed by atoms with Crippen molar-refractivity contribution < 1.29 is 44.5 Å². The monoisotopic (exact) mass is 496 g/mol. The molecule has 0 aliphatic carbocycles. The van der Waals surface area contributed by atoms with Gasteiger partial charge in [-0.05, 0) is 0 Å². The largest absolute Gasteiger partial charge is 0.396 e. The second-order valence-corrected chi connectivity index (χ2v) is 12.5. The first-order valence-electron chi connectivity index (χ1n) is 12.0. The third-order valence-electron chi connectivity index (χ3n) is 5.69. The second kappa shape index (κ2) is 15.0. The van der Waals surface area contributed by atoms with Crippen LogP contribution in [0.4, 0.5) is 0 Å². The van der Waals surface area contributed by atoms with Gasteiger partial charge in [-0.25, -0.2) is 0 Å². The fraction of sp³-hybridized carbons (Fsp3) is 1.00. The van der Waals surface area contributed by atoms with Crippen molar-refractivity contribution in [2.24, 2.45) is 27.1 Å². The van der Waals surface area contributed by atoms with Crippen LogP contribution in [0.1, 0.15) is 48.5 Å². The summed E-state index contributed by atoms with van der Waals surface area (Å²) in [5, 5.41) is 48.2. The zero-order valence-corrected chi connectivity index (χ0v) is 22.6. The van der Waals surface area contributed by atoms with E-state index in [0.717, 1.165) is 0 Å². The molecule has 9 nitrogen and oxygen atoms in total. The second-order valence-electron chi connectivity index (χ2n) is 12.5. The summed E-state index contributed by atoms with van der Waals surface area (Å²) in [5.41, 5.74) is -2.59. The molecule has 0 aliphatic heterocycles. The SMILES string of the molecule is CC(C)(CO)COCC(C)(CO)COCC(C)(CO)COCC(C)(CO)COCC(C)(C)CO. The highest BCUT2D eigenvalue weighted by Gasteiger charge is 2.32. The van der Waals surface area contributed by atoms with Crippen LogP contribution >= 0.6 is 0 Å². The summed E-state index contributed by atoms with van der Waals surface area (Å²) in [7, 11) is 0. The van der Waals surface area contributed by atoms with Gasteiger partial charge >= 0.3 is 0 Å². The minimum atomic E-state index is -0.661. The van der Waals surface area contributed by atoms with Crippen molar-refractivity contribution in [2.75, 3.05) is 85.9 Å². The third kappa shape index (κ3) is 13.7. The molecule has 0 heterocycles. The van der Waals surface area contributed by atoms with Crippen LogP contribution in [0.3, 0.4) is 0 Å². The Labute approximate surface area is 206 Å². The van der Waals surface area contributed by atoms with Crippen molar-refractivity contribution in [1.29, 1.82) is 0 Å². The van der Waals surface area contributed by atoms with Gasteiger partial charge in [-0.2, -0.15) is 0 Å². The molecule has 2 unspecified atom stereocenters. The Hall–Kier alpha value is -0.360. The van der Waals surface area contributed by atoms with E-state index in [4.69, 9.17) is 18.9 Å². The molecular weight excluding hydrogens is 444 g/mol. The molecule has 0 radical (unpaired) electrons. The fourth-order valence-corrected chi connectivity index (χ4v) is 2.73. The Bertz CT molecular complexity index is 498. The van der Waals surface area contributed by atoms with E-state index < -0.39 is 16.2 Å². The van der Waals surface area contributed by atoms with Crippen LogP contribution in [-0.2, 0) is 18.9 Å². The summed E-state index contributed by atoms with van der Waals surface area (Å²) in [6.45, 7) is 15.0. The van der Waals surface area contributed by atoms with Crippen LogP contribution < -0.4 is 0 Å². The first-order chi connectivity index (χ1) is 15.6. The van der Waals surface area contributed by atoms with Gasteiger partial charge in [-0.3, -0.25) is 0 Å². The normalized spacial score (nSPS) is 18.4. The molecule has 34 heavy (non-hydrogen) atoms. The molecule has 206 valence electrons. The lowest BCUT2D eigenvalue weighted by molar-refractivity contribution is -0.106. The highest BCUT2D eigenvalue weighted by Crippen LogP contribution is 2.25. The number of aliphatic hydroxyl groups excluding tert-OH is 5. The Balaban J connectivity index is 4.60. The Morgan fingerprint density at radius 2 is 0.559 bits per heavy atom. The highest BCUT2D eigenvalue weighted by atomic mass is 16.5. The molecule has 0 amide bonds. The summed E-state index contributed by atoms with van der Waals surface area (Å²) in [6.07, 6.45) is 0. The zero-order chi connectivity index (χ0) is 26.5. The van der Waals surface area contributed by atoms with Crippen molar-refractivity contribution in [3.63, 3.8) is 0 Å². The molecule has 0 saturated heterocycles. The average molecular weight is 497 g/mol. The van der Waals surface area contributed by atoms with E-state index in [1.807, 2.05) is 48.5 Å². The fourth-order valence-electron chi connectivity index (χ4n) is 2.73. The summed E-state index contributed by atoms with van der Waals surface area (Å²) >= 11 is 0. The lowest BCUT2D eigenvalue weighted by atomic mass is 9.91. The van der Waals surface area contributed by atoms with Gasteiger partial charge in [0.1, 0.15) is 0 Å². The molecule has 0 aromatic heterocycles. The van der Waals surface area contributed by atoms with E-state index in [9.17, 15) is 25.5 Å². The summed E-state index contributed by atoms with van der Waals surface area (Å²) in [4.78, 5) is 0. The molecule has 0 aromatic carbocycles. The maximum absolute atomic E-state index is 9.92. The van der Waals surface area contributed by atoms with Gasteiger partial charge in [0.15, 0.2) is 0 Å². The van der Waals surface area contributed by atoms with Crippen molar-refractivity contribution in [3.05, 3.63) is 0 Å². The first kappa shape index (κ1) is 33.6. The summed E-state index contributed by atoms with van der Waals surface area (Å²) < 4.78 is 23.1. The smallest absolute Gasteiger partial charge is 0.0564 e. The molecule has 2 atom stereocenters. The lowest BCUT2D eigenvalue weighted by Crippen LogP contribution is -2.40. The van der Waals surface area contributed by atoms with Gasteiger partial charge in [-0.15, -0.1) is 0 Å². The van der Waals surface area contributed by atoms with Crippen LogP contribution in [0, 0.1) is 27.1 Å². The van der Waals surface area contributed by atoms with Crippen molar-refractivity contribution in [3.8, 4) is 0 Å². The number of aliphatic hydroxyl groups is 5. The van der Waals surface area contributed by atoms with Crippen molar-refractivity contribution >= 4 is 0 Å². The minimum Gasteiger partial charge on any atom is -0.396 e. The Morgan fingerprint density at radius 1 is 0.353 bits per heavy atom. The van der Waals surface area contributed by atoms with Crippen LogP contribution in [0.5, 0.6) is 0 Å². The van der Waals surface area contributed by atoms with E-state index in [0.29, 0.717) is 13.2 Å². The van der Waals surface area contributed by atoms with Gasteiger partial charge in [0.05, 0.1) is 85.9 Å².